The summed E-state index contributed by atoms with van der Waals surface area (Å²) >= 11 is 12.3. The first-order chi connectivity index (χ1) is 19.0. The molecule has 3 aromatic rings. The van der Waals surface area contributed by atoms with Crippen molar-refractivity contribution >= 4 is 58.4 Å². The van der Waals surface area contributed by atoms with Gasteiger partial charge in [-0.05, 0) is 54.4 Å². The zero-order valence-electron chi connectivity index (χ0n) is 21.6. The van der Waals surface area contributed by atoms with E-state index in [1.165, 1.54) is 11.0 Å². The largest absolute Gasteiger partial charge is 0.481 e. The number of halogens is 2. The predicted octanol–water partition coefficient (Wildman–Crippen LogP) is 5.17. The number of carboxylic acid groups (broad SMARTS) is 1. The zero-order valence-corrected chi connectivity index (χ0v) is 23.1. The average molecular weight is 583 g/mol. The second-order valence-corrected chi connectivity index (χ2v) is 10.7. The van der Waals surface area contributed by atoms with Gasteiger partial charge in [-0.15, -0.1) is 0 Å². The number of aliphatic carboxylic acids is 1. The van der Waals surface area contributed by atoms with Crippen molar-refractivity contribution in [2.24, 2.45) is 5.92 Å². The number of carbonyl (C=O) groups is 4. The topological polar surface area (TPSA) is 128 Å². The summed E-state index contributed by atoms with van der Waals surface area (Å²) in [5.74, 6) is -2.58. The molecule has 1 aliphatic heterocycles. The van der Waals surface area contributed by atoms with E-state index in [-0.39, 0.29) is 18.9 Å². The van der Waals surface area contributed by atoms with Crippen molar-refractivity contribution in [1.82, 2.24) is 10.6 Å². The van der Waals surface area contributed by atoms with Crippen molar-refractivity contribution in [1.29, 1.82) is 0 Å². The first-order valence-electron chi connectivity index (χ1n) is 12.5. The molecular weight excluding hydrogens is 555 g/mol. The molecule has 2 unspecified atom stereocenters. The summed E-state index contributed by atoms with van der Waals surface area (Å²) in [5, 5.41) is 18.5. The van der Waals surface area contributed by atoms with Crippen molar-refractivity contribution in [3.8, 4) is 0 Å². The summed E-state index contributed by atoms with van der Waals surface area (Å²) in [4.78, 5) is 51.7. The number of hydrogen-bond acceptors (Lipinski definition) is 4. The first kappa shape index (κ1) is 28.9. The average Bonchev–Trinajstić information content (AvgIpc) is 3.29. The minimum absolute atomic E-state index is 0.0551. The van der Waals surface area contributed by atoms with Crippen LogP contribution in [0.4, 0.5) is 16.2 Å². The highest BCUT2D eigenvalue weighted by molar-refractivity contribution is 6.34. The monoisotopic (exact) mass is 582 g/mol. The van der Waals surface area contributed by atoms with Crippen LogP contribution in [0.15, 0.2) is 72.8 Å². The molecule has 0 radical (unpaired) electrons. The second-order valence-electron chi connectivity index (χ2n) is 9.80. The molecule has 0 bridgehead atoms. The summed E-state index contributed by atoms with van der Waals surface area (Å²) in [7, 11) is 0. The van der Waals surface area contributed by atoms with Gasteiger partial charge in [0, 0.05) is 40.9 Å². The van der Waals surface area contributed by atoms with Crippen LogP contribution in [0, 0.1) is 5.92 Å². The van der Waals surface area contributed by atoms with Crippen LogP contribution in [0.1, 0.15) is 30.9 Å². The van der Waals surface area contributed by atoms with E-state index in [2.05, 4.69) is 16.0 Å². The molecule has 1 fully saturated rings. The molecule has 3 aromatic carbocycles. The van der Waals surface area contributed by atoms with Gasteiger partial charge >= 0.3 is 12.0 Å². The highest BCUT2D eigenvalue weighted by atomic mass is 35.5. The minimum atomic E-state index is -1.31. The summed E-state index contributed by atoms with van der Waals surface area (Å²) in [5.41, 5.74) is 1.08. The summed E-state index contributed by atoms with van der Waals surface area (Å²) in [6.45, 7) is 2.03. The molecule has 11 heteroatoms. The molecule has 0 saturated carbocycles. The number of amides is 4. The number of anilines is 2. The van der Waals surface area contributed by atoms with Crippen molar-refractivity contribution in [2.75, 3.05) is 16.8 Å². The fourth-order valence-corrected chi connectivity index (χ4v) is 5.13. The van der Waals surface area contributed by atoms with Gasteiger partial charge in [0.05, 0.1) is 17.9 Å². The Hall–Kier alpha value is -4.08. The second kappa shape index (κ2) is 12.4. The number of urea groups is 1. The van der Waals surface area contributed by atoms with Gasteiger partial charge in [0.25, 0.3) is 0 Å². The molecule has 1 aliphatic rings. The number of rotatable bonds is 9. The molecule has 208 valence electrons. The maximum atomic E-state index is 13.3. The number of nitrogens with zero attached hydrogens (tertiary/aromatic N) is 1. The van der Waals surface area contributed by atoms with Gasteiger partial charge < -0.3 is 26.0 Å². The standard InChI is InChI=1S/C29H28Cl2N4O5/c1-29(15-26(37)38,20-11-21(30)13-22(31)12-20)34-27(39)19-10-25(36)35(17-19)24-9-5-8-23(14-24)33-28(40)32-16-18-6-3-2-4-7-18/h2-9,11-14,19H,10,15-17H2,1H3,(H,34,39)(H,37,38)(H2,32,33,40). The predicted molar refractivity (Wildman–Crippen MR) is 153 cm³/mol. The summed E-state index contributed by atoms with van der Waals surface area (Å²) in [6, 6.07) is 20.5. The van der Waals surface area contributed by atoms with Gasteiger partial charge in [-0.1, -0.05) is 59.6 Å². The Morgan fingerprint density at radius 2 is 1.70 bits per heavy atom. The molecule has 9 nitrogen and oxygen atoms in total. The van der Waals surface area contributed by atoms with Crippen molar-refractivity contribution in [2.45, 2.75) is 31.8 Å². The molecule has 1 saturated heterocycles. The number of carboxylic acids is 1. The quantitative estimate of drug-likeness (QED) is 0.276. The van der Waals surface area contributed by atoms with Gasteiger partial charge in [0.2, 0.25) is 11.8 Å². The maximum absolute atomic E-state index is 13.3. The van der Waals surface area contributed by atoms with Crippen LogP contribution in [-0.4, -0.2) is 35.5 Å². The lowest BCUT2D eigenvalue weighted by Crippen LogP contribution is -2.47. The van der Waals surface area contributed by atoms with Gasteiger partial charge in [0.1, 0.15) is 0 Å². The van der Waals surface area contributed by atoms with Gasteiger partial charge in [0.15, 0.2) is 0 Å². The molecule has 2 atom stereocenters. The minimum Gasteiger partial charge on any atom is -0.481 e. The Balaban J connectivity index is 1.43. The van der Waals surface area contributed by atoms with Crippen LogP contribution in [-0.2, 0) is 26.5 Å². The van der Waals surface area contributed by atoms with E-state index in [0.717, 1.165) is 5.56 Å². The number of carbonyl (C=O) groups excluding carboxylic acids is 3. The Morgan fingerprint density at radius 3 is 2.38 bits per heavy atom. The Morgan fingerprint density at radius 1 is 1.00 bits per heavy atom. The lowest BCUT2D eigenvalue weighted by molar-refractivity contribution is -0.139. The Kier molecular flexibility index (Phi) is 8.96. The van der Waals surface area contributed by atoms with Crippen molar-refractivity contribution < 1.29 is 24.3 Å². The Labute approximate surface area is 241 Å². The smallest absolute Gasteiger partial charge is 0.319 e. The van der Waals surface area contributed by atoms with Crippen LogP contribution in [0.3, 0.4) is 0 Å². The van der Waals surface area contributed by atoms with Gasteiger partial charge in [-0.2, -0.15) is 0 Å². The third kappa shape index (κ3) is 7.31. The lowest BCUT2D eigenvalue weighted by Gasteiger charge is -2.31. The van der Waals surface area contributed by atoms with Crippen LogP contribution in [0.25, 0.3) is 0 Å². The molecule has 4 amide bonds. The molecule has 0 aromatic heterocycles. The summed E-state index contributed by atoms with van der Waals surface area (Å²) < 4.78 is 0. The van der Waals surface area contributed by atoms with E-state index in [0.29, 0.717) is 33.5 Å². The molecule has 0 aliphatic carbocycles. The third-order valence-electron chi connectivity index (χ3n) is 6.61. The lowest BCUT2D eigenvalue weighted by atomic mass is 9.87. The normalized spacial score (nSPS) is 16.2. The molecule has 4 rings (SSSR count). The highest BCUT2D eigenvalue weighted by Gasteiger charge is 2.39. The van der Waals surface area contributed by atoms with E-state index in [1.807, 2.05) is 30.3 Å². The Bertz CT molecular complexity index is 1410. The zero-order chi connectivity index (χ0) is 28.9. The van der Waals surface area contributed by atoms with E-state index in [1.54, 1.807) is 43.3 Å². The number of benzene rings is 3. The van der Waals surface area contributed by atoms with Crippen molar-refractivity contribution in [3.63, 3.8) is 0 Å². The molecule has 40 heavy (non-hydrogen) atoms. The number of nitrogens with one attached hydrogen (secondary N) is 3. The first-order valence-corrected chi connectivity index (χ1v) is 13.3. The SMILES string of the molecule is CC(CC(=O)O)(NC(=O)C1CC(=O)N(c2cccc(NC(=O)NCc3ccccc3)c2)C1)c1cc(Cl)cc(Cl)c1. The van der Waals surface area contributed by atoms with Crippen LogP contribution < -0.4 is 20.9 Å². The molecular formula is C29H28Cl2N4O5. The van der Waals surface area contributed by atoms with Crippen molar-refractivity contribution in [3.05, 3.63) is 94.0 Å². The van der Waals surface area contributed by atoms with E-state index >= 15 is 0 Å². The number of hydrogen-bond donors (Lipinski definition) is 4. The van der Waals surface area contributed by atoms with Crippen LogP contribution in [0.5, 0.6) is 0 Å². The summed E-state index contributed by atoms with van der Waals surface area (Å²) in [6.07, 6.45) is -0.472. The van der Waals surface area contributed by atoms with Gasteiger partial charge in [-0.3, -0.25) is 14.4 Å². The third-order valence-corrected chi connectivity index (χ3v) is 7.05. The van der Waals surface area contributed by atoms with Crippen LogP contribution >= 0.6 is 23.2 Å². The molecule has 1 heterocycles. The maximum Gasteiger partial charge on any atom is 0.319 e. The van der Waals surface area contributed by atoms with Gasteiger partial charge in [-0.25, -0.2) is 4.79 Å². The van der Waals surface area contributed by atoms with Crippen LogP contribution in [0.2, 0.25) is 10.0 Å². The fraction of sp³-hybridized carbons (Fsp3) is 0.241. The van der Waals surface area contributed by atoms with E-state index in [4.69, 9.17) is 23.2 Å². The molecule has 4 N–H and O–H groups in total. The molecule has 0 spiro atoms. The fourth-order valence-electron chi connectivity index (χ4n) is 4.61. The van der Waals surface area contributed by atoms with E-state index in [9.17, 15) is 24.3 Å². The van der Waals surface area contributed by atoms with E-state index < -0.39 is 35.8 Å². The highest BCUT2D eigenvalue weighted by Crippen LogP contribution is 2.32.